The number of unbranched alkanes of at least 4 members (excludes halogenated alkanes) is 3. The molecule has 0 amide bonds. The van der Waals surface area contributed by atoms with Crippen molar-refractivity contribution in [1.82, 2.24) is 19.9 Å². The number of nitrogens with one attached hydrogen (secondary N) is 1. The lowest BCUT2D eigenvalue weighted by Crippen LogP contribution is -2.41. The third kappa shape index (κ3) is 10.9. The number of carboxylic acids is 1. The maximum Gasteiger partial charge on any atom is 0.303 e. The van der Waals surface area contributed by atoms with E-state index in [-0.39, 0.29) is 18.6 Å². The van der Waals surface area contributed by atoms with E-state index in [1.54, 1.807) is 14.2 Å². The fourth-order valence-corrected chi connectivity index (χ4v) is 7.82. The first-order chi connectivity index (χ1) is 29.6. The van der Waals surface area contributed by atoms with Crippen molar-refractivity contribution in [3.63, 3.8) is 0 Å². The van der Waals surface area contributed by atoms with Crippen LogP contribution >= 0.6 is 0 Å². The van der Waals surface area contributed by atoms with Crippen molar-refractivity contribution in [3.8, 4) is 45.0 Å². The number of nitrogens with zero attached hydrogens (tertiary/aromatic N) is 5. The van der Waals surface area contributed by atoms with E-state index >= 15 is 0 Å². The number of fused-ring (bicyclic) bond motifs is 2. The molecule has 4 heterocycles. The molecule has 2 atom stereocenters. The average molecular weight is 819 g/mol. The molecule has 10 nitrogen and oxygen atoms in total. The minimum atomic E-state index is -0.721. The number of anilines is 2. The van der Waals surface area contributed by atoms with Crippen molar-refractivity contribution >= 4 is 17.6 Å². The smallest absolute Gasteiger partial charge is 0.303 e. The first-order valence-corrected chi connectivity index (χ1v) is 21.4. The number of aryl methyl sites for hydroxylation is 4. The Bertz CT molecular complexity index is 2400. The molecular weight excluding hydrogens is 761 g/mol. The molecule has 2 aliphatic heterocycles. The minimum Gasteiger partial charge on any atom is -0.481 e. The lowest BCUT2D eigenvalue weighted by Gasteiger charge is -2.34. The van der Waals surface area contributed by atoms with E-state index in [4.69, 9.17) is 34.5 Å². The number of ether oxygens (including phenoxy) is 2. The first kappa shape index (κ1) is 43.1. The number of aliphatic carboxylic acids is 1. The normalized spacial score (nSPS) is 15.5. The number of hydrogen-bond acceptors (Lipinski definition) is 9. The van der Waals surface area contributed by atoms with Gasteiger partial charge in [-0.3, -0.25) is 4.79 Å². The molecule has 0 saturated carbocycles. The van der Waals surface area contributed by atoms with Crippen LogP contribution in [0.2, 0.25) is 0 Å². The van der Waals surface area contributed by atoms with Crippen molar-refractivity contribution in [1.29, 1.82) is 0 Å². The molecule has 10 heteroatoms. The second-order valence-electron chi connectivity index (χ2n) is 16.4. The fraction of sp³-hybridized carbons (Fsp3) is 0.353. The van der Waals surface area contributed by atoms with Gasteiger partial charge in [-0.15, -0.1) is 0 Å². The molecule has 2 aliphatic rings. The van der Waals surface area contributed by atoms with Crippen LogP contribution in [0.4, 0.5) is 11.6 Å². The van der Waals surface area contributed by atoms with Gasteiger partial charge in [-0.1, -0.05) is 132 Å². The molecule has 0 aliphatic carbocycles. The van der Waals surface area contributed by atoms with Gasteiger partial charge in [-0.05, 0) is 40.5 Å². The van der Waals surface area contributed by atoms with Crippen LogP contribution in [-0.2, 0) is 27.1 Å². The molecule has 0 fully saturated rings. The predicted molar refractivity (Wildman–Crippen MR) is 245 cm³/mol. The van der Waals surface area contributed by atoms with Gasteiger partial charge in [0, 0.05) is 75.4 Å². The van der Waals surface area contributed by atoms with Crippen LogP contribution < -0.4 is 10.2 Å². The third-order valence-electron chi connectivity index (χ3n) is 11.5. The summed E-state index contributed by atoms with van der Waals surface area (Å²) in [4.78, 5) is 33.4. The molecule has 2 aromatic heterocycles. The summed E-state index contributed by atoms with van der Waals surface area (Å²) in [6.45, 7) is 10.8. The molecule has 2 unspecified atom stereocenters. The number of hydrogen-bond donors (Lipinski definition) is 2. The SMILES string of the molecule is COC1CNc2nc(-c3ccc(C)cc3)c(-c3ccc(C)cc3)nc2C1.COC1Cc2nc(-c3ccc(C)cc3)c(-c3ccc(C)cc3)nc2N(CCCCCCC(=O)O)C1. The Morgan fingerprint density at radius 2 is 1.02 bits per heavy atom. The lowest BCUT2D eigenvalue weighted by atomic mass is 10.00. The largest absolute Gasteiger partial charge is 0.481 e. The molecule has 61 heavy (non-hydrogen) atoms. The monoisotopic (exact) mass is 818 g/mol. The summed E-state index contributed by atoms with van der Waals surface area (Å²) in [5.41, 5.74) is 14.8. The van der Waals surface area contributed by atoms with Crippen LogP contribution in [0.1, 0.15) is 65.7 Å². The van der Waals surface area contributed by atoms with Gasteiger partial charge in [0.25, 0.3) is 0 Å². The van der Waals surface area contributed by atoms with E-state index in [0.29, 0.717) is 0 Å². The molecule has 0 radical (unpaired) electrons. The standard InChI is InChI=1S/C29H35N3O3.C22H23N3O/c1-20-9-13-22(14-10-20)27-28(23-15-11-21(2)12-16-23)31-29-25(30-27)18-24(35-3)19-32(29)17-7-5-4-6-8-26(33)34;1-14-4-8-16(9-5-14)20-21(17-10-6-15(2)7-11-17)25-22-19(24-20)12-18(26-3)13-23-22/h9-16,24H,4-8,17-19H2,1-3H3,(H,33,34);4-11,18H,12-13H2,1-3H3,(H,23,25). The van der Waals surface area contributed by atoms with E-state index in [2.05, 4.69) is 135 Å². The average Bonchev–Trinajstić information content (AvgIpc) is 3.27. The van der Waals surface area contributed by atoms with Gasteiger partial charge in [-0.25, -0.2) is 19.9 Å². The minimum absolute atomic E-state index is 0.0694. The number of benzene rings is 4. The van der Waals surface area contributed by atoms with E-state index in [1.807, 2.05) is 0 Å². The molecule has 316 valence electrons. The number of aromatic nitrogens is 4. The van der Waals surface area contributed by atoms with E-state index in [1.165, 1.54) is 22.3 Å². The van der Waals surface area contributed by atoms with Gasteiger partial charge < -0.3 is 24.8 Å². The van der Waals surface area contributed by atoms with E-state index in [9.17, 15) is 4.79 Å². The molecule has 2 N–H and O–H groups in total. The summed E-state index contributed by atoms with van der Waals surface area (Å²) in [6, 6.07) is 33.9. The molecular formula is C51H58N6O4. The Morgan fingerprint density at radius 3 is 1.49 bits per heavy atom. The summed E-state index contributed by atoms with van der Waals surface area (Å²) in [7, 11) is 3.50. The number of rotatable bonds is 13. The van der Waals surface area contributed by atoms with Gasteiger partial charge in [0.15, 0.2) is 5.82 Å². The quantitative estimate of drug-likeness (QED) is 0.109. The Morgan fingerprint density at radius 1 is 0.590 bits per heavy atom. The predicted octanol–water partition coefficient (Wildman–Crippen LogP) is 10.3. The topological polar surface area (TPSA) is 123 Å². The Kier molecular flexibility index (Phi) is 14.2. The molecule has 0 bridgehead atoms. The second-order valence-corrected chi connectivity index (χ2v) is 16.4. The zero-order valence-corrected chi connectivity index (χ0v) is 36.4. The van der Waals surface area contributed by atoms with Crippen molar-refractivity contribution in [2.75, 3.05) is 44.1 Å². The second kappa shape index (κ2) is 20.1. The molecule has 6 aromatic rings. The molecule has 0 saturated heterocycles. The Labute approximate surface area is 360 Å². The highest BCUT2D eigenvalue weighted by atomic mass is 16.5. The van der Waals surface area contributed by atoms with Crippen molar-refractivity contribution in [2.45, 2.75) is 84.8 Å². The van der Waals surface area contributed by atoms with Crippen LogP contribution in [0.3, 0.4) is 0 Å². The van der Waals surface area contributed by atoms with E-state index in [0.717, 1.165) is 126 Å². The Balaban J connectivity index is 0.000000192. The molecule has 4 aromatic carbocycles. The fourth-order valence-electron chi connectivity index (χ4n) is 7.82. The van der Waals surface area contributed by atoms with Crippen LogP contribution in [-0.4, -0.2) is 77.1 Å². The van der Waals surface area contributed by atoms with Gasteiger partial charge in [-0.2, -0.15) is 0 Å². The summed E-state index contributed by atoms with van der Waals surface area (Å²) in [5.74, 6) is 1.08. The van der Waals surface area contributed by atoms with Crippen molar-refractivity contribution in [3.05, 3.63) is 131 Å². The van der Waals surface area contributed by atoms with Gasteiger partial charge >= 0.3 is 5.97 Å². The number of methoxy groups -OCH3 is 2. The lowest BCUT2D eigenvalue weighted by molar-refractivity contribution is -0.137. The van der Waals surface area contributed by atoms with Crippen LogP contribution in [0.5, 0.6) is 0 Å². The van der Waals surface area contributed by atoms with Crippen LogP contribution in [0.15, 0.2) is 97.1 Å². The zero-order chi connectivity index (χ0) is 42.9. The zero-order valence-electron chi connectivity index (χ0n) is 36.4. The third-order valence-corrected chi connectivity index (χ3v) is 11.5. The molecule has 0 spiro atoms. The van der Waals surface area contributed by atoms with Crippen LogP contribution in [0, 0.1) is 27.7 Å². The maximum atomic E-state index is 10.8. The first-order valence-electron chi connectivity index (χ1n) is 21.4. The van der Waals surface area contributed by atoms with Gasteiger partial charge in [0.2, 0.25) is 0 Å². The maximum absolute atomic E-state index is 10.8. The van der Waals surface area contributed by atoms with Gasteiger partial charge in [0.1, 0.15) is 5.82 Å². The summed E-state index contributed by atoms with van der Waals surface area (Å²) < 4.78 is 11.3. The summed E-state index contributed by atoms with van der Waals surface area (Å²) in [6.07, 6.45) is 5.59. The van der Waals surface area contributed by atoms with Gasteiger partial charge in [0.05, 0.1) is 46.4 Å². The highest BCUT2D eigenvalue weighted by Crippen LogP contribution is 2.36. The number of carboxylic acid groups (broad SMARTS) is 1. The summed E-state index contributed by atoms with van der Waals surface area (Å²) in [5, 5.41) is 12.2. The van der Waals surface area contributed by atoms with E-state index < -0.39 is 5.97 Å². The van der Waals surface area contributed by atoms with Crippen molar-refractivity contribution < 1.29 is 19.4 Å². The highest BCUT2D eigenvalue weighted by molar-refractivity contribution is 5.81. The van der Waals surface area contributed by atoms with Crippen molar-refractivity contribution in [2.24, 2.45) is 0 Å². The number of carbonyl (C=O) groups is 1. The highest BCUT2D eigenvalue weighted by Gasteiger charge is 2.29. The Hall–Kier alpha value is -5.97. The molecule has 8 rings (SSSR count). The summed E-state index contributed by atoms with van der Waals surface area (Å²) >= 11 is 0. The van der Waals surface area contributed by atoms with Crippen LogP contribution in [0.25, 0.3) is 45.0 Å².